The van der Waals surface area contributed by atoms with Gasteiger partial charge in [0.2, 0.25) is 0 Å². The molecule has 21 heavy (non-hydrogen) atoms. The number of alkyl halides is 1. The lowest BCUT2D eigenvalue weighted by molar-refractivity contribution is 0.387. The van der Waals surface area contributed by atoms with Crippen LogP contribution in [0.25, 0.3) is 9.40 Å². The van der Waals surface area contributed by atoms with Crippen molar-refractivity contribution in [2.24, 2.45) is 0 Å². The SMILES string of the molecule is COc1ccc(C(Br)c2cc3sccc3s2)c(OC)c1Br. The molecule has 0 radical (unpaired) electrons. The van der Waals surface area contributed by atoms with Crippen molar-refractivity contribution in [3.8, 4) is 11.5 Å². The van der Waals surface area contributed by atoms with E-state index in [1.807, 2.05) is 12.1 Å². The second-order valence-electron chi connectivity index (χ2n) is 4.36. The first-order chi connectivity index (χ1) is 10.2. The molecule has 0 bridgehead atoms. The fourth-order valence-corrected chi connectivity index (χ4v) is 5.75. The molecule has 110 valence electrons. The largest absolute Gasteiger partial charge is 0.495 e. The zero-order chi connectivity index (χ0) is 15.0. The molecule has 2 nitrogen and oxygen atoms in total. The van der Waals surface area contributed by atoms with E-state index in [-0.39, 0.29) is 4.83 Å². The van der Waals surface area contributed by atoms with Crippen molar-refractivity contribution < 1.29 is 9.47 Å². The molecule has 0 aliphatic heterocycles. The van der Waals surface area contributed by atoms with Gasteiger partial charge >= 0.3 is 0 Å². The molecule has 1 aromatic carbocycles. The van der Waals surface area contributed by atoms with E-state index in [0.717, 1.165) is 21.5 Å². The lowest BCUT2D eigenvalue weighted by Crippen LogP contribution is -1.98. The number of benzene rings is 1. The van der Waals surface area contributed by atoms with Crippen LogP contribution in [0.1, 0.15) is 15.3 Å². The predicted molar refractivity (Wildman–Crippen MR) is 97.7 cm³/mol. The summed E-state index contributed by atoms with van der Waals surface area (Å²) in [5, 5.41) is 2.12. The zero-order valence-electron chi connectivity index (χ0n) is 11.4. The van der Waals surface area contributed by atoms with E-state index in [2.05, 4.69) is 49.4 Å². The molecule has 1 atom stereocenters. The van der Waals surface area contributed by atoms with E-state index in [9.17, 15) is 0 Å². The van der Waals surface area contributed by atoms with Crippen LogP contribution in [-0.4, -0.2) is 14.2 Å². The maximum atomic E-state index is 5.57. The standard InChI is InChI=1S/C15H12Br2O2S2/c1-18-9-4-3-8(15(19-2)14(9)17)13(16)12-7-11-10(21-12)5-6-20-11/h3-7,13H,1-2H3. The molecule has 1 unspecified atom stereocenters. The van der Waals surface area contributed by atoms with Gasteiger partial charge in [-0.25, -0.2) is 0 Å². The molecular formula is C15H12Br2O2S2. The van der Waals surface area contributed by atoms with Crippen LogP contribution >= 0.6 is 54.5 Å². The molecule has 0 saturated carbocycles. The predicted octanol–water partition coefficient (Wildman–Crippen LogP) is 6.23. The Balaban J connectivity index is 2.06. The van der Waals surface area contributed by atoms with Crippen molar-refractivity contribution in [2.45, 2.75) is 4.83 Å². The molecular weight excluding hydrogens is 436 g/mol. The fourth-order valence-electron chi connectivity index (χ4n) is 2.18. The third-order valence-corrected chi connectivity index (χ3v) is 7.40. The summed E-state index contributed by atoms with van der Waals surface area (Å²) in [5.41, 5.74) is 1.08. The average Bonchev–Trinajstić information content (AvgIpc) is 3.07. The Morgan fingerprint density at radius 3 is 2.57 bits per heavy atom. The highest BCUT2D eigenvalue weighted by Gasteiger charge is 2.21. The molecule has 0 aliphatic rings. The Morgan fingerprint density at radius 2 is 1.90 bits per heavy atom. The maximum absolute atomic E-state index is 5.57. The van der Waals surface area contributed by atoms with Crippen LogP contribution in [0.4, 0.5) is 0 Å². The Labute approximate surface area is 148 Å². The van der Waals surface area contributed by atoms with Crippen molar-refractivity contribution in [1.82, 2.24) is 0 Å². The van der Waals surface area contributed by atoms with Crippen LogP contribution in [-0.2, 0) is 0 Å². The van der Waals surface area contributed by atoms with Gasteiger partial charge in [-0.15, -0.1) is 22.7 Å². The molecule has 0 spiro atoms. The van der Waals surface area contributed by atoms with Crippen LogP contribution in [0.15, 0.2) is 34.1 Å². The summed E-state index contributed by atoms with van der Waals surface area (Å²) in [7, 11) is 3.33. The lowest BCUT2D eigenvalue weighted by Gasteiger charge is -2.16. The second kappa shape index (κ2) is 6.28. The average molecular weight is 448 g/mol. The smallest absolute Gasteiger partial charge is 0.141 e. The summed E-state index contributed by atoms with van der Waals surface area (Å²) < 4.78 is 14.4. The van der Waals surface area contributed by atoms with E-state index in [1.54, 1.807) is 36.9 Å². The molecule has 0 amide bonds. The van der Waals surface area contributed by atoms with Crippen molar-refractivity contribution >= 4 is 63.9 Å². The van der Waals surface area contributed by atoms with Crippen LogP contribution in [0.3, 0.4) is 0 Å². The quantitative estimate of drug-likeness (QED) is 0.441. The number of hydrogen-bond donors (Lipinski definition) is 0. The first kappa shape index (κ1) is 15.3. The molecule has 0 aliphatic carbocycles. The Bertz CT molecular complexity index is 751. The van der Waals surface area contributed by atoms with Crippen LogP contribution in [0.2, 0.25) is 0 Å². The van der Waals surface area contributed by atoms with E-state index in [4.69, 9.17) is 9.47 Å². The van der Waals surface area contributed by atoms with Crippen LogP contribution < -0.4 is 9.47 Å². The number of ether oxygens (including phenoxy) is 2. The molecule has 6 heteroatoms. The number of methoxy groups -OCH3 is 2. The first-order valence-corrected chi connectivity index (χ1v) is 9.57. The van der Waals surface area contributed by atoms with Gasteiger partial charge < -0.3 is 9.47 Å². The van der Waals surface area contributed by atoms with Crippen LogP contribution in [0, 0.1) is 0 Å². The summed E-state index contributed by atoms with van der Waals surface area (Å²) in [6.45, 7) is 0. The first-order valence-electron chi connectivity index (χ1n) is 6.17. The molecule has 0 fully saturated rings. The Hall–Kier alpha value is -0.560. The summed E-state index contributed by atoms with van der Waals surface area (Å²) in [4.78, 5) is 1.37. The Morgan fingerprint density at radius 1 is 1.10 bits per heavy atom. The number of hydrogen-bond acceptors (Lipinski definition) is 4. The van der Waals surface area contributed by atoms with E-state index in [1.165, 1.54) is 14.3 Å². The zero-order valence-corrected chi connectivity index (χ0v) is 16.2. The third kappa shape index (κ3) is 2.74. The van der Waals surface area contributed by atoms with Crippen molar-refractivity contribution in [2.75, 3.05) is 14.2 Å². The molecule has 0 saturated heterocycles. The van der Waals surface area contributed by atoms with E-state index in [0.29, 0.717) is 0 Å². The van der Waals surface area contributed by atoms with Crippen molar-refractivity contribution in [3.63, 3.8) is 0 Å². The van der Waals surface area contributed by atoms with Crippen molar-refractivity contribution in [1.29, 1.82) is 0 Å². The maximum Gasteiger partial charge on any atom is 0.141 e. The monoisotopic (exact) mass is 446 g/mol. The highest BCUT2D eigenvalue weighted by atomic mass is 79.9. The molecule has 0 N–H and O–H groups in total. The van der Waals surface area contributed by atoms with E-state index < -0.39 is 0 Å². The summed E-state index contributed by atoms with van der Waals surface area (Å²) in [5.74, 6) is 1.57. The minimum Gasteiger partial charge on any atom is -0.495 e. The lowest BCUT2D eigenvalue weighted by atomic mass is 10.1. The van der Waals surface area contributed by atoms with Crippen LogP contribution in [0.5, 0.6) is 11.5 Å². The summed E-state index contributed by atoms with van der Waals surface area (Å²) in [6, 6.07) is 8.39. The van der Waals surface area contributed by atoms with Gasteiger partial charge in [0, 0.05) is 19.8 Å². The molecule has 2 aromatic heterocycles. The molecule has 3 aromatic rings. The minimum atomic E-state index is 0.0965. The van der Waals surface area contributed by atoms with E-state index >= 15 is 0 Å². The highest BCUT2D eigenvalue weighted by molar-refractivity contribution is 9.10. The normalized spacial score (nSPS) is 12.6. The molecule has 2 heterocycles. The van der Waals surface area contributed by atoms with Gasteiger partial charge in [0.05, 0.1) is 19.0 Å². The third-order valence-electron chi connectivity index (χ3n) is 3.20. The van der Waals surface area contributed by atoms with Gasteiger partial charge in [0.25, 0.3) is 0 Å². The number of rotatable bonds is 4. The van der Waals surface area contributed by atoms with Gasteiger partial charge in [-0.2, -0.15) is 0 Å². The fraction of sp³-hybridized carbons (Fsp3) is 0.200. The topological polar surface area (TPSA) is 18.5 Å². The Kier molecular flexibility index (Phi) is 4.59. The number of halogens is 2. The van der Waals surface area contributed by atoms with Gasteiger partial charge in [0.15, 0.2) is 0 Å². The van der Waals surface area contributed by atoms with Gasteiger partial charge in [-0.3, -0.25) is 0 Å². The molecule has 3 rings (SSSR count). The summed E-state index contributed by atoms with van der Waals surface area (Å²) >= 11 is 10.9. The summed E-state index contributed by atoms with van der Waals surface area (Å²) in [6.07, 6.45) is 0. The minimum absolute atomic E-state index is 0.0965. The van der Waals surface area contributed by atoms with Gasteiger partial charge in [0.1, 0.15) is 16.0 Å². The highest BCUT2D eigenvalue weighted by Crippen LogP contribution is 2.46. The second-order valence-corrected chi connectivity index (χ2v) is 8.14. The van der Waals surface area contributed by atoms with Gasteiger partial charge in [-0.1, -0.05) is 22.0 Å². The number of fused-ring (bicyclic) bond motifs is 1. The van der Waals surface area contributed by atoms with Gasteiger partial charge in [-0.05, 0) is 39.5 Å². The number of thiophene rings is 2. The van der Waals surface area contributed by atoms with Crippen molar-refractivity contribution in [3.05, 3.63) is 44.6 Å².